The second-order valence-corrected chi connectivity index (χ2v) is 3.01. The van der Waals surface area contributed by atoms with Gasteiger partial charge in [0.1, 0.15) is 0 Å². The summed E-state index contributed by atoms with van der Waals surface area (Å²) in [6.07, 6.45) is 1.65. The van der Waals surface area contributed by atoms with Crippen molar-refractivity contribution in [2.75, 3.05) is 0 Å². The zero-order valence-corrected chi connectivity index (χ0v) is 8.33. The van der Waals surface area contributed by atoms with Crippen molar-refractivity contribution in [2.45, 2.75) is 13.1 Å². The van der Waals surface area contributed by atoms with Crippen LogP contribution >= 0.6 is 0 Å². The molecule has 0 aliphatic carbocycles. The Morgan fingerprint density at radius 3 is 2.93 bits per heavy atom. The molecule has 2 aromatic rings. The van der Waals surface area contributed by atoms with Gasteiger partial charge in [-0.3, -0.25) is 0 Å². The van der Waals surface area contributed by atoms with Crippen molar-refractivity contribution in [1.29, 1.82) is 0 Å². The van der Waals surface area contributed by atoms with Gasteiger partial charge < -0.3 is 5.32 Å². The molecule has 0 fully saturated rings. The molecule has 0 aliphatic heterocycles. The molecule has 0 aliphatic rings. The maximum atomic E-state index is 4.04. The van der Waals surface area contributed by atoms with E-state index in [1.54, 1.807) is 13.2 Å². The molecule has 0 amide bonds. The maximum absolute atomic E-state index is 4.04. The Morgan fingerprint density at radius 1 is 1.33 bits per heavy atom. The summed E-state index contributed by atoms with van der Waals surface area (Å²) in [4.78, 5) is 1.43. The second-order valence-electron chi connectivity index (χ2n) is 3.01. The van der Waals surface area contributed by atoms with Gasteiger partial charge in [-0.1, -0.05) is 0 Å². The highest BCUT2D eigenvalue weighted by atomic mass is 15.6. The van der Waals surface area contributed by atoms with Gasteiger partial charge in [-0.15, -0.1) is 10.2 Å². The van der Waals surface area contributed by atoms with Crippen LogP contribution in [0.15, 0.2) is 18.3 Å². The van der Waals surface area contributed by atoms with Gasteiger partial charge in [0.05, 0.1) is 19.3 Å². The summed E-state index contributed by atoms with van der Waals surface area (Å²) in [5, 5.41) is 22.5. The van der Waals surface area contributed by atoms with Crippen LogP contribution in [-0.4, -0.2) is 30.4 Å². The number of tetrazole rings is 1. The summed E-state index contributed by atoms with van der Waals surface area (Å²) in [7, 11) is 1.74. The van der Waals surface area contributed by atoms with E-state index in [2.05, 4.69) is 30.9 Å². The van der Waals surface area contributed by atoms with Crippen molar-refractivity contribution in [3.8, 4) is 0 Å². The lowest BCUT2D eigenvalue weighted by molar-refractivity contribution is 0.616. The molecule has 1 N–H and O–H groups in total. The fourth-order valence-corrected chi connectivity index (χ4v) is 1.12. The van der Waals surface area contributed by atoms with Gasteiger partial charge in [-0.05, 0) is 17.3 Å². The van der Waals surface area contributed by atoms with E-state index in [1.165, 1.54) is 4.80 Å². The Hall–Kier alpha value is -1.89. The first-order chi connectivity index (χ1) is 7.34. The van der Waals surface area contributed by atoms with Crippen molar-refractivity contribution < 1.29 is 0 Å². The number of rotatable bonds is 4. The van der Waals surface area contributed by atoms with Crippen molar-refractivity contribution in [3.63, 3.8) is 0 Å². The molecule has 7 heteroatoms. The Kier molecular flexibility index (Phi) is 2.93. The Bertz CT molecular complexity index is 410. The zero-order valence-electron chi connectivity index (χ0n) is 8.33. The molecule has 0 spiro atoms. The van der Waals surface area contributed by atoms with Crippen molar-refractivity contribution >= 4 is 0 Å². The van der Waals surface area contributed by atoms with Gasteiger partial charge in [0.2, 0.25) is 0 Å². The van der Waals surface area contributed by atoms with Crippen LogP contribution in [0.5, 0.6) is 0 Å². The summed E-state index contributed by atoms with van der Waals surface area (Å²) < 4.78 is 0. The quantitative estimate of drug-likeness (QED) is 0.710. The number of nitrogens with one attached hydrogen (secondary N) is 1. The van der Waals surface area contributed by atoms with Crippen LogP contribution in [-0.2, 0) is 20.1 Å². The minimum absolute atomic E-state index is 0.574. The molecule has 0 radical (unpaired) electrons. The molecule has 0 saturated carbocycles. The largest absolute Gasteiger partial charge is 0.304 e. The van der Waals surface area contributed by atoms with Gasteiger partial charge in [-0.2, -0.15) is 15.0 Å². The molecular weight excluding hydrogens is 194 g/mol. The van der Waals surface area contributed by atoms with Gasteiger partial charge in [0, 0.05) is 12.7 Å². The fraction of sp³-hybridized carbons (Fsp3) is 0.375. The highest BCUT2D eigenvalue weighted by molar-refractivity contribution is 4.98. The van der Waals surface area contributed by atoms with Crippen LogP contribution in [0.3, 0.4) is 0 Å². The van der Waals surface area contributed by atoms with Crippen LogP contribution in [0.2, 0.25) is 0 Å². The molecule has 7 nitrogen and oxygen atoms in total. The summed E-state index contributed by atoms with van der Waals surface area (Å²) in [5.41, 5.74) is 0.890. The lowest BCUT2D eigenvalue weighted by Crippen LogP contribution is -2.15. The lowest BCUT2D eigenvalue weighted by Gasteiger charge is -1.99. The minimum Gasteiger partial charge on any atom is -0.304 e. The molecule has 78 valence electrons. The predicted molar refractivity (Wildman–Crippen MR) is 51.4 cm³/mol. The molecular formula is C8H11N7. The SMILES string of the molecule is Cn1nnc(CNCc2cccnn2)n1. The first-order valence-corrected chi connectivity index (χ1v) is 4.55. The number of aromatic nitrogens is 6. The number of hydrogen-bond acceptors (Lipinski definition) is 6. The van der Waals surface area contributed by atoms with E-state index in [0.29, 0.717) is 18.9 Å². The van der Waals surface area contributed by atoms with E-state index in [9.17, 15) is 0 Å². The van der Waals surface area contributed by atoms with Crippen LogP contribution in [0.1, 0.15) is 11.5 Å². The van der Waals surface area contributed by atoms with Crippen LogP contribution < -0.4 is 5.32 Å². The number of nitrogens with zero attached hydrogens (tertiary/aromatic N) is 6. The lowest BCUT2D eigenvalue weighted by atomic mass is 10.4. The molecule has 2 aromatic heterocycles. The third-order valence-electron chi connectivity index (χ3n) is 1.77. The monoisotopic (exact) mass is 205 g/mol. The van der Waals surface area contributed by atoms with E-state index < -0.39 is 0 Å². The van der Waals surface area contributed by atoms with Crippen molar-refractivity contribution in [1.82, 2.24) is 35.7 Å². The van der Waals surface area contributed by atoms with E-state index in [1.807, 2.05) is 12.1 Å². The second kappa shape index (κ2) is 4.56. The third kappa shape index (κ3) is 2.78. The smallest absolute Gasteiger partial charge is 0.188 e. The first kappa shape index (κ1) is 9.66. The van der Waals surface area contributed by atoms with E-state index >= 15 is 0 Å². The Morgan fingerprint density at radius 2 is 2.27 bits per heavy atom. The molecule has 15 heavy (non-hydrogen) atoms. The van der Waals surface area contributed by atoms with Gasteiger partial charge in [0.15, 0.2) is 5.82 Å². The molecule has 0 atom stereocenters. The zero-order chi connectivity index (χ0) is 10.5. The van der Waals surface area contributed by atoms with Crippen LogP contribution in [0.4, 0.5) is 0 Å². The average Bonchev–Trinajstić information content (AvgIpc) is 2.66. The molecule has 0 aromatic carbocycles. The topological polar surface area (TPSA) is 81.4 Å². The Labute approximate surface area is 86.5 Å². The van der Waals surface area contributed by atoms with Gasteiger partial charge in [0.25, 0.3) is 0 Å². The molecule has 2 heterocycles. The standard InChI is InChI=1S/C8H11N7/c1-15-13-8(12-14-15)6-9-5-7-3-2-4-10-11-7/h2-4,9H,5-6H2,1H3. The first-order valence-electron chi connectivity index (χ1n) is 4.55. The maximum Gasteiger partial charge on any atom is 0.188 e. The molecule has 0 bridgehead atoms. The average molecular weight is 205 g/mol. The summed E-state index contributed by atoms with van der Waals surface area (Å²) >= 11 is 0. The van der Waals surface area contributed by atoms with Crippen LogP contribution in [0, 0.1) is 0 Å². The predicted octanol–water partition coefficient (Wildman–Crippen LogP) is -0.710. The number of hydrogen-bond donors (Lipinski definition) is 1. The third-order valence-corrected chi connectivity index (χ3v) is 1.77. The molecule has 0 saturated heterocycles. The van der Waals surface area contributed by atoms with E-state index in [-0.39, 0.29) is 0 Å². The summed E-state index contributed by atoms with van der Waals surface area (Å²) in [6.45, 7) is 1.22. The highest BCUT2D eigenvalue weighted by Crippen LogP contribution is 1.91. The minimum atomic E-state index is 0.574. The van der Waals surface area contributed by atoms with E-state index in [0.717, 1.165) is 5.69 Å². The van der Waals surface area contributed by atoms with Crippen molar-refractivity contribution in [2.24, 2.45) is 7.05 Å². The summed E-state index contributed by atoms with van der Waals surface area (Å²) in [6, 6.07) is 3.76. The van der Waals surface area contributed by atoms with Crippen molar-refractivity contribution in [3.05, 3.63) is 29.8 Å². The van der Waals surface area contributed by atoms with Crippen LogP contribution in [0.25, 0.3) is 0 Å². The fourth-order valence-electron chi connectivity index (χ4n) is 1.12. The molecule has 0 unspecified atom stereocenters. The normalized spacial score (nSPS) is 10.5. The van der Waals surface area contributed by atoms with Gasteiger partial charge >= 0.3 is 0 Å². The van der Waals surface area contributed by atoms with Gasteiger partial charge in [-0.25, -0.2) is 0 Å². The Balaban J connectivity index is 1.80. The summed E-state index contributed by atoms with van der Waals surface area (Å²) in [5.74, 6) is 0.668. The van der Waals surface area contributed by atoms with E-state index in [4.69, 9.17) is 0 Å². The number of aryl methyl sites for hydroxylation is 1. The molecule has 2 rings (SSSR count). The highest BCUT2D eigenvalue weighted by Gasteiger charge is 1.99.